The Morgan fingerprint density at radius 3 is 2.73 bits per heavy atom. The van der Waals surface area contributed by atoms with Crippen molar-refractivity contribution in [3.8, 4) is 0 Å². The quantitative estimate of drug-likeness (QED) is 0.336. The molecule has 0 aliphatic heterocycles. The fraction of sp³-hybridized carbons (Fsp3) is 0.615. The van der Waals surface area contributed by atoms with Crippen LogP contribution in [0.3, 0.4) is 0 Å². The Hall–Kier alpha value is -0.830. The second-order valence-corrected chi connectivity index (χ2v) is 8.42. The van der Waals surface area contributed by atoms with Crippen LogP contribution in [0.15, 0.2) is 21.3 Å². The summed E-state index contributed by atoms with van der Waals surface area (Å²) in [6, 6.07) is 3.04. The summed E-state index contributed by atoms with van der Waals surface area (Å²) in [4.78, 5) is 4.18. The van der Waals surface area contributed by atoms with Crippen molar-refractivity contribution in [2.75, 3.05) is 19.6 Å². The van der Waals surface area contributed by atoms with Gasteiger partial charge in [0.25, 0.3) is 0 Å². The van der Waals surface area contributed by atoms with Crippen LogP contribution < -0.4 is 15.8 Å². The Morgan fingerprint density at radius 2 is 2.09 bits per heavy atom. The van der Waals surface area contributed by atoms with E-state index in [-0.39, 0.29) is 10.8 Å². The first kappa shape index (κ1) is 19.2. The van der Waals surface area contributed by atoms with Crippen LogP contribution in [0.1, 0.15) is 32.6 Å². The average Bonchev–Trinajstić information content (AvgIpc) is 2.91. The van der Waals surface area contributed by atoms with E-state index in [1.807, 2.05) is 0 Å². The molecule has 1 aromatic rings. The van der Waals surface area contributed by atoms with Gasteiger partial charge in [-0.1, -0.05) is 37.8 Å². The van der Waals surface area contributed by atoms with E-state index in [0.717, 1.165) is 24.2 Å². The summed E-state index contributed by atoms with van der Waals surface area (Å²) in [5, 5.41) is 2.88. The number of unbranched alkanes of at least 4 members (excludes halogenated alkanes) is 3. The molecule has 0 unspecified atom stereocenters. The molecule has 126 valence electrons. The second-order valence-electron chi connectivity index (χ2n) is 4.71. The lowest BCUT2D eigenvalue weighted by Gasteiger charge is -2.07. The molecule has 0 saturated heterocycles. The van der Waals surface area contributed by atoms with Gasteiger partial charge in [0.2, 0.25) is 10.0 Å². The van der Waals surface area contributed by atoms with Crippen molar-refractivity contribution in [2.45, 2.75) is 36.8 Å². The van der Waals surface area contributed by atoms with Crippen molar-refractivity contribution in [2.24, 2.45) is 10.7 Å². The molecular formula is C13H23ClN4O2S2. The van der Waals surface area contributed by atoms with Gasteiger partial charge in [-0.3, -0.25) is 4.99 Å². The van der Waals surface area contributed by atoms with Crippen LogP contribution in [0, 0.1) is 0 Å². The monoisotopic (exact) mass is 366 g/mol. The number of halogens is 1. The van der Waals surface area contributed by atoms with Crippen molar-refractivity contribution in [3.05, 3.63) is 16.5 Å². The van der Waals surface area contributed by atoms with Gasteiger partial charge >= 0.3 is 0 Å². The molecule has 0 saturated carbocycles. The van der Waals surface area contributed by atoms with Crippen LogP contribution in [-0.4, -0.2) is 34.0 Å². The highest BCUT2D eigenvalue weighted by Crippen LogP contribution is 2.24. The van der Waals surface area contributed by atoms with Gasteiger partial charge in [0.1, 0.15) is 4.21 Å². The first-order chi connectivity index (χ1) is 10.5. The van der Waals surface area contributed by atoms with Crippen LogP contribution in [0.4, 0.5) is 0 Å². The van der Waals surface area contributed by atoms with Crippen molar-refractivity contribution < 1.29 is 8.42 Å². The topological polar surface area (TPSA) is 96.6 Å². The lowest BCUT2D eigenvalue weighted by Crippen LogP contribution is -2.38. The van der Waals surface area contributed by atoms with Gasteiger partial charge in [0.05, 0.1) is 4.34 Å². The number of nitrogens with zero attached hydrogens (tertiary/aromatic N) is 1. The van der Waals surface area contributed by atoms with E-state index in [4.69, 9.17) is 17.3 Å². The molecule has 0 radical (unpaired) electrons. The Bertz CT molecular complexity index is 572. The smallest absolute Gasteiger partial charge is 0.250 e. The predicted octanol–water partition coefficient (Wildman–Crippen LogP) is 2.16. The van der Waals surface area contributed by atoms with Crippen molar-refractivity contribution >= 4 is 38.9 Å². The number of sulfonamides is 1. The van der Waals surface area contributed by atoms with Crippen LogP contribution in [0.2, 0.25) is 4.34 Å². The molecule has 0 aliphatic rings. The molecule has 4 N–H and O–H groups in total. The number of hydrogen-bond acceptors (Lipinski definition) is 4. The minimum absolute atomic E-state index is 0.204. The third kappa shape index (κ3) is 7.44. The fourth-order valence-electron chi connectivity index (χ4n) is 1.68. The van der Waals surface area contributed by atoms with Crippen LogP contribution in [-0.2, 0) is 10.0 Å². The number of thiophene rings is 1. The normalized spacial score (nSPS) is 12.5. The van der Waals surface area contributed by atoms with Gasteiger partial charge in [0, 0.05) is 19.6 Å². The summed E-state index contributed by atoms with van der Waals surface area (Å²) in [7, 11) is -3.50. The molecule has 0 aliphatic carbocycles. The Balaban J connectivity index is 2.23. The van der Waals surface area contributed by atoms with E-state index in [1.165, 1.54) is 18.9 Å². The molecule has 0 bridgehead atoms. The molecular weight excluding hydrogens is 344 g/mol. The molecule has 1 heterocycles. The van der Waals surface area contributed by atoms with E-state index in [2.05, 4.69) is 22.0 Å². The van der Waals surface area contributed by atoms with Gasteiger partial charge in [-0.25, -0.2) is 13.1 Å². The molecule has 0 aromatic carbocycles. The Morgan fingerprint density at radius 1 is 1.32 bits per heavy atom. The highest BCUT2D eigenvalue weighted by molar-refractivity contribution is 7.91. The summed E-state index contributed by atoms with van der Waals surface area (Å²) in [5.41, 5.74) is 5.70. The number of rotatable bonds is 10. The third-order valence-electron chi connectivity index (χ3n) is 2.83. The summed E-state index contributed by atoms with van der Waals surface area (Å²) in [5.74, 6) is 0.342. The van der Waals surface area contributed by atoms with E-state index in [9.17, 15) is 8.42 Å². The second kappa shape index (κ2) is 10.0. The minimum Gasteiger partial charge on any atom is -0.370 e. The van der Waals surface area contributed by atoms with Gasteiger partial charge < -0.3 is 11.1 Å². The number of nitrogens with two attached hydrogens (primary N) is 1. The highest BCUT2D eigenvalue weighted by atomic mass is 35.5. The molecule has 6 nitrogen and oxygen atoms in total. The zero-order valence-corrected chi connectivity index (χ0v) is 15.0. The van der Waals surface area contributed by atoms with E-state index < -0.39 is 10.0 Å². The van der Waals surface area contributed by atoms with Gasteiger partial charge in [-0.15, -0.1) is 11.3 Å². The molecule has 0 spiro atoms. The minimum atomic E-state index is -3.50. The zero-order valence-electron chi connectivity index (χ0n) is 12.6. The first-order valence-electron chi connectivity index (χ1n) is 7.24. The Kier molecular flexibility index (Phi) is 8.77. The van der Waals surface area contributed by atoms with Crippen molar-refractivity contribution in [1.29, 1.82) is 0 Å². The SMILES string of the molecule is CCCCCCN=C(N)NCCNS(=O)(=O)c1ccc(Cl)s1. The molecule has 0 amide bonds. The van der Waals surface area contributed by atoms with Crippen LogP contribution in [0.5, 0.6) is 0 Å². The maximum Gasteiger partial charge on any atom is 0.250 e. The number of hydrogen-bond donors (Lipinski definition) is 3. The van der Waals surface area contributed by atoms with E-state index in [1.54, 1.807) is 6.07 Å². The molecule has 1 rings (SSSR count). The number of aliphatic imine (C=N–C) groups is 1. The number of nitrogens with one attached hydrogen (secondary N) is 2. The summed E-state index contributed by atoms with van der Waals surface area (Å²) >= 11 is 6.75. The summed E-state index contributed by atoms with van der Waals surface area (Å²) < 4.78 is 27.0. The molecule has 0 fully saturated rings. The highest BCUT2D eigenvalue weighted by Gasteiger charge is 2.15. The molecule has 9 heteroatoms. The van der Waals surface area contributed by atoms with Crippen molar-refractivity contribution in [1.82, 2.24) is 10.0 Å². The lowest BCUT2D eigenvalue weighted by atomic mass is 10.2. The summed E-state index contributed by atoms with van der Waals surface area (Å²) in [6.07, 6.45) is 4.56. The fourth-order valence-corrected chi connectivity index (χ4v) is 4.24. The first-order valence-corrected chi connectivity index (χ1v) is 9.92. The van der Waals surface area contributed by atoms with Crippen LogP contribution in [0.25, 0.3) is 0 Å². The van der Waals surface area contributed by atoms with Gasteiger partial charge in [-0.05, 0) is 18.6 Å². The summed E-state index contributed by atoms with van der Waals surface area (Å²) in [6.45, 7) is 3.45. The zero-order chi connectivity index (χ0) is 16.4. The molecule has 1 aromatic heterocycles. The predicted molar refractivity (Wildman–Crippen MR) is 93.2 cm³/mol. The van der Waals surface area contributed by atoms with Crippen molar-refractivity contribution in [3.63, 3.8) is 0 Å². The average molecular weight is 367 g/mol. The molecule has 0 atom stereocenters. The number of guanidine groups is 1. The van der Waals surface area contributed by atoms with E-state index in [0.29, 0.717) is 23.4 Å². The molecule has 22 heavy (non-hydrogen) atoms. The maximum atomic E-state index is 11.9. The Labute approximate surface area is 141 Å². The largest absolute Gasteiger partial charge is 0.370 e. The van der Waals surface area contributed by atoms with E-state index >= 15 is 0 Å². The van der Waals surface area contributed by atoms with Gasteiger partial charge in [-0.2, -0.15) is 0 Å². The lowest BCUT2D eigenvalue weighted by molar-refractivity contribution is 0.583. The van der Waals surface area contributed by atoms with Crippen LogP contribution >= 0.6 is 22.9 Å². The maximum absolute atomic E-state index is 11.9. The standard InChI is InChI=1S/C13H23ClN4O2S2/c1-2-3-4-5-8-16-13(15)17-9-10-18-22(19,20)12-7-6-11(14)21-12/h6-7,18H,2-5,8-10H2,1H3,(H3,15,16,17). The van der Waals surface area contributed by atoms with Gasteiger partial charge in [0.15, 0.2) is 5.96 Å². The third-order valence-corrected chi connectivity index (χ3v) is 6.01.